The summed E-state index contributed by atoms with van der Waals surface area (Å²) in [6.45, 7) is 6.93. The van der Waals surface area contributed by atoms with Crippen molar-refractivity contribution in [1.82, 2.24) is 19.5 Å². The van der Waals surface area contributed by atoms with Crippen molar-refractivity contribution in [3.05, 3.63) is 11.5 Å². The second-order valence-corrected chi connectivity index (χ2v) is 6.54. The second-order valence-electron chi connectivity index (χ2n) is 6.18. The summed E-state index contributed by atoms with van der Waals surface area (Å²) in [5.41, 5.74) is 7.40. The highest BCUT2D eigenvalue weighted by molar-refractivity contribution is 6.33. The van der Waals surface area contributed by atoms with Crippen molar-refractivity contribution in [2.24, 2.45) is 11.3 Å². The van der Waals surface area contributed by atoms with Crippen molar-refractivity contribution in [2.75, 3.05) is 5.73 Å². The first-order valence-corrected chi connectivity index (χ1v) is 6.92. The van der Waals surface area contributed by atoms with Crippen molar-refractivity contribution < 1.29 is 0 Å². The van der Waals surface area contributed by atoms with Gasteiger partial charge in [0.05, 0.1) is 6.33 Å². The van der Waals surface area contributed by atoms with Gasteiger partial charge < -0.3 is 10.3 Å². The Bertz CT molecular complexity index is 633. The van der Waals surface area contributed by atoms with Gasteiger partial charge in [-0.2, -0.15) is 9.97 Å². The van der Waals surface area contributed by atoms with E-state index in [-0.39, 0.29) is 5.95 Å². The summed E-state index contributed by atoms with van der Waals surface area (Å²) in [6, 6.07) is 0.403. The SMILES string of the molecule is CC1CC(n2cnc3c(Cl)nc(N)nc32)CC1(C)C. The predicted octanol–water partition coefficient (Wildman–Crippen LogP) is 3.06. The second kappa shape index (κ2) is 4.07. The van der Waals surface area contributed by atoms with Crippen LogP contribution in [0.2, 0.25) is 5.15 Å². The fraction of sp³-hybridized carbons (Fsp3) is 0.615. The van der Waals surface area contributed by atoms with Crippen LogP contribution >= 0.6 is 11.6 Å². The number of hydrogen-bond donors (Lipinski definition) is 1. The van der Waals surface area contributed by atoms with E-state index < -0.39 is 0 Å². The number of imidazole rings is 1. The number of nitrogens with two attached hydrogens (primary N) is 1. The standard InChI is InChI=1S/C13H18ClN5/c1-7-4-8(5-13(7,2)3)19-6-16-9-10(14)17-12(15)18-11(9)19/h6-8H,4-5H2,1-3H3,(H2,15,17,18). The number of aromatic nitrogens is 4. The van der Waals surface area contributed by atoms with E-state index in [9.17, 15) is 0 Å². The van der Waals surface area contributed by atoms with Crippen LogP contribution in [-0.2, 0) is 0 Å². The molecule has 3 rings (SSSR count). The molecule has 102 valence electrons. The summed E-state index contributed by atoms with van der Waals surface area (Å²) >= 11 is 6.06. The van der Waals surface area contributed by atoms with Crippen molar-refractivity contribution in [1.29, 1.82) is 0 Å². The molecule has 0 aliphatic heterocycles. The predicted molar refractivity (Wildman–Crippen MR) is 76.0 cm³/mol. The Morgan fingerprint density at radius 3 is 2.79 bits per heavy atom. The maximum absolute atomic E-state index is 6.06. The molecule has 2 N–H and O–H groups in total. The van der Waals surface area contributed by atoms with Gasteiger partial charge in [0.15, 0.2) is 10.8 Å². The fourth-order valence-corrected chi connectivity index (χ4v) is 3.22. The fourth-order valence-electron chi connectivity index (χ4n) is 3.00. The van der Waals surface area contributed by atoms with E-state index in [1.807, 2.05) is 6.33 Å². The van der Waals surface area contributed by atoms with E-state index in [0.29, 0.717) is 28.0 Å². The summed E-state index contributed by atoms with van der Waals surface area (Å²) in [4.78, 5) is 12.6. The Kier molecular flexibility index (Phi) is 2.71. The van der Waals surface area contributed by atoms with Crippen LogP contribution < -0.4 is 5.73 Å². The molecule has 2 aromatic heterocycles. The lowest BCUT2D eigenvalue weighted by Gasteiger charge is -2.22. The summed E-state index contributed by atoms with van der Waals surface area (Å²) in [7, 11) is 0. The molecule has 2 aromatic rings. The Morgan fingerprint density at radius 2 is 2.16 bits per heavy atom. The minimum Gasteiger partial charge on any atom is -0.368 e. The molecule has 6 heteroatoms. The van der Waals surface area contributed by atoms with Crippen LogP contribution in [0.15, 0.2) is 6.33 Å². The minimum absolute atomic E-state index is 0.199. The van der Waals surface area contributed by atoms with Crippen LogP contribution in [-0.4, -0.2) is 19.5 Å². The highest BCUT2D eigenvalue weighted by atomic mass is 35.5. The molecular weight excluding hydrogens is 262 g/mol. The number of nitrogens with zero attached hydrogens (tertiary/aromatic N) is 4. The van der Waals surface area contributed by atoms with E-state index in [1.165, 1.54) is 0 Å². The topological polar surface area (TPSA) is 69.6 Å². The maximum atomic E-state index is 6.06. The van der Waals surface area contributed by atoms with Crippen LogP contribution in [0.4, 0.5) is 5.95 Å². The first kappa shape index (κ1) is 12.7. The van der Waals surface area contributed by atoms with Crippen LogP contribution in [0.3, 0.4) is 0 Å². The van der Waals surface area contributed by atoms with Gasteiger partial charge in [0.2, 0.25) is 5.95 Å². The van der Waals surface area contributed by atoms with Gasteiger partial charge in [-0.3, -0.25) is 0 Å². The quantitative estimate of drug-likeness (QED) is 0.815. The average molecular weight is 280 g/mol. The van der Waals surface area contributed by atoms with Gasteiger partial charge in [0.1, 0.15) is 5.52 Å². The van der Waals surface area contributed by atoms with Gasteiger partial charge in [-0.05, 0) is 24.2 Å². The molecule has 2 atom stereocenters. The Hall–Kier alpha value is -1.36. The first-order valence-electron chi connectivity index (χ1n) is 6.54. The Morgan fingerprint density at radius 1 is 1.42 bits per heavy atom. The molecule has 0 amide bonds. The third-order valence-corrected chi connectivity index (χ3v) is 4.77. The lowest BCUT2D eigenvalue weighted by Crippen LogP contribution is -2.14. The lowest BCUT2D eigenvalue weighted by atomic mass is 9.83. The summed E-state index contributed by atoms with van der Waals surface area (Å²) in [6.07, 6.45) is 4.05. The van der Waals surface area contributed by atoms with Crippen molar-refractivity contribution >= 4 is 28.7 Å². The Balaban J connectivity index is 2.08. The minimum atomic E-state index is 0.199. The molecule has 1 aliphatic rings. The van der Waals surface area contributed by atoms with Gasteiger partial charge in [0.25, 0.3) is 0 Å². The molecule has 0 radical (unpaired) electrons. The number of fused-ring (bicyclic) bond motifs is 1. The van der Waals surface area contributed by atoms with Crippen LogP contribution in [0.5, 0.6) is 0 Å². The molecule has 0 bridgehead atoms. The van der Waals surface area contributed by atoms with E-state index in [0.717, 1.165) is 18.5 Å². The average Bonchev–Trinajstić information content (AvgIpc) is 2.81. The van der Waals surface area contributed by atoms with E-state index in [2.05, 4.69) is 40.3 Å². The van der Waals surface area contributed by atoms with Crippen molar-refractivity contribution in [3.8, 4) is 0 Å². The number of rotatable bonds is 1. The maximum Gasteiger partial charge on any atom is 0.223 e. The first-order chi connectivity index (χ1) is 8.88. The zero-order valence-electron chi connectivity index (χ0n) is 11.4. The normalized spacial score (nSPS) is 26.1. The molecule has 2 heterocycles. The zero-order chi connectivity index (χ0) is 13.8. The van der Waals surface area contributed by atoms with Gasteiger partial charge in [0, 0.05) is 6.04 Å². The highest BCUT2D eigenvalue weighted by Gasteiger charge is 2.39. The van der Waals surface area contributed by atoms with E-state index in [1.54, 1.807) is 0 Å². The van der Waals surface area contributed by atoms with Crippen molar-refractivity contribution in [3.63, 3.8) is 0 Å². The third kappa shape index (κ3) is 1.96. The van der Waals surface area contributed by atoms with Gasteiger partial charge >= 0.3 is 0 Å². The molecular formula is C13H18ClN5. The number of anilines is 1. The molecule has 2 unspecified atom stereocenters. The molecule has 0 aromatic carbocycles. The molecule has 1 fully saturated rings. The Labute approximate surface area is 117 Å². The molecule has 1 saturated carbocycles. The van der Waals surface area contributed by atoms with Gasteiger partial charge in [-0.25, -0.2) is 4.98 Å². The summed E-state index contributed by atoms with van der Waals surface area (Å²) in [5, 5.41) is 0.326. The highest BCUT2D eigenvalue weighted by Crippen LogP contribution is 2.48. The van der Waals surface area contributed by atoms with E-state index >= 15 is 0 Å². The molecule has 0 spiro atoms. The van der Waals surface area contributed by atoms with Gasteiger partial charge in [-0.15, -0.1) is 0 Å². The number of halogens is 1. The van der Waals surface area contributed by atoms with Gasteiger partial charge in [-0.1, -0.05) is 32.4 Å². The van der Waals surface area contributed by atoms with Crippen LogP contribution in [0, 0.1) is 11.3 Å². The van der Waals surface area contributed by atoms with Crippen LogP contribution in [0.25, 0.3) is 11.2 Å². The lowest BCUT2D eigenvalue weighted by molar-refractivity contribution is 0.278. The molecule has 0 saturated heterocycles. The van der Waals surface area contributed by atoms with Crippen LogP contribution in [0.1, 0.15) is 39.7 Å². The smallest absolute Gasteiger partial charge is 0.223 e. The summed E-state index contributed by atoms with van der Waals surface area (Å²) < 4.78 is 2.10. The summed E-state index contributed by atoms with van der Waals surface area (Å²) in [5.74, 6) is 0.870. The molecule has 19 heavy (non-hydrogen) atoms. The number of nitrogen functional groups attached to an aromatic ring is 1. The van der Waals surface area contributed by atoms with Crippen molar-refractivity contribution in [2.45, 2.75) is 39.7 Å². The van der Waals surface area contributed by atoms with E-state index in [4.69, 9.17) is 17.3 Å². The molecule has 5 nitrogen and oxygen atoms in total. The number of hydrogen-bond acceptors (Lipinski definition) is 4. The zero-order valence-corrected chi connectivity index (χ0v) is 12.1. The largest absolute Gasteiger partial charge is 0.368 e. The molecule has 1 aliphatic carbocycles. The third-order valence-electron chi connectivity index (χ3n) is 4.51. The monoisotopic (exact) mass is 279 g/mol.